The maximum Gasteiger partial charge on any atom is 0.232 e. The quantitative estimate of drug-likeness (QED) is 0.654. The Labute approximate surface area is 162 Å². The molecule has 144 valence electrons. The summed E-state index contributed by atoms with van der Waals surface area (Å²) in [7, 11) is 3.16. The summed E-state index contributed by atoms with van der Waals surface area (Å²) < 4.78 is 16.0. The van der Waals surface area contributed by atoms with Gasteiger partial charge in [0, 0.05) is 25.1 Å². The molecule has 1 amide bonds. The van der Waals surface area contributed by atoms with E-state index in [1.54, 1.807) is 26.4 Å². The van der Waals surface area contributed by atoms with Gasteiger partial charge in [0.05, 0.1) is 20.1 Å². The van der Waals surface area contributed by atoms with Crippen LogP contribution in [-0.4, -0.2) is 41.7 Å². The highest BCUT2D eigenvalue weighted by Crippen LogP contribution is 2.33. The van der Waals surface area contributed by atoms with Crippen LogP contribution >= 0.6 is 0 Å². The van der Waals surface area contributed by atoms with Gasteiger partial charge in [-0.25, -0.2) is 0 Å². The average Bonchev–Trinajstić information content (AvgIpc) is 3.35. The number of carbonyl (C=O) groups is 1. The Morgan fingerprint density at radius 1 is 1.11 bits per heavy atom. The number of nitrogens with zero attached hydrogens (tertiary/aromatic N) is 3. The summed E-state index contributed by atoms with van der Waals surface area (Å²) in [6.07, 6.45) is 0.375. The molecule has 1 aliphatic heterocycles. The normalized spacial score (nSPS) is 16.4. The highest BCUT2D eigenvalue weighted by Gasteiger charge is 2.34. The van der Waals surface area contributed by atoms with Crippen LogP contribution in [0.3, 0.4) is 0 Å². The Kier molecular flexibility index (Phi) is 4.97. The first-order valence-electron chi connectivity index (χ1n) is 9.05. The van der Waals surface area contributed by atoms with E-state index in [1.807, 2.05) is 41.3 Å². The third kappa shape index (κ3) is 3.55. The van der Waals surface area contributed by atoms with Gasteiger partial charge in [0.2, 0.25) is 17.6 Å². The van der Waals surface area contributed by atoms with Crippen molar-refractivity contribution in [1.82, 2.24) is 15.0 Å². The van der Waals surface area contributed by atoms with E-state index in [0.29, 0.717) is 42.7 Å². The molecule has 1 fully saturated rings. The standard InChI is InChI=1S/C21H21N3O4/c1-26-17-9-8-15(10-18(17)27-2)20-22-21(28-23-20)16-11-19(25)24(13-16)12-14-6-4-3-5-7-14/h3-10,16H,11-13H2,1-2H3. The van der Waals surface area contributed by atoms with Crippen LogP contribution in [0.25, 0.3) is 11.4 Å². The van der Waals surface area contributed by atoms with Crippen molar-refractivity contribution < 1.29 is 18.8 Å². The molecule has 7 heteroatoms. The van der Waals surface area contributed by atoms with Crippen LogP contribution < -0.4 is 9.47 Å². The van der Waals surface area contributed by atoms with Crippen LogP contribution in [0, 0.1) is 0 Å². The molecule has 1 saturated heterocycles. The second-order valence-corrected chi connectivity index (χ2v) is 6.69. The highest BCUT2D eigenvalue weighted by atomic mass is 16.5. The number of benzene rings is 2. The van der Waals surface area contributed by atoms with Crippen LogP contribution in [0.4, 0.5) is 0 Å². The first-order chi connectivity index (χ1) is 13.7. The minimum atomic E-state index is -0.0994. The molecule has 7 nitrogen and oxygen atoms in total. The van der Waals surface area contributed by atoms with Crippen molar-refractivity contribution in [2.24, 2.45) is 0 Å². The molecule has 4 rings (SSSR count). The van der Waals surface area contributed by atoms with Crippen LogP contribution in [0.15, 0.2) is 53.1 Å². The molecule has 0 bridgehead atoms. The van der Waals surface area contributed by atoms with Crippen molar-refractivity contribution in [3.05, 3.63) is 60.0 Å². The number of hydrogen-bond acceptors (Lipinski definition) is 6. The molecule has 2 heterocycles. The first-order valence-corrected chi connectivity index (χ1v) is 9.05. The SMILES string of the molecule is COc1ccc(-c2noc(C3CC(=O)N(Cc4ccccc4)C3)n2)cc1OC. The molecule has 0 N–H and O–H groups in total. The lowest BCUT2D eigenvalue weighted by Gasteiger charge is -2.15. The lowest BCUT2D eigenvalue weighted by molar-refractivity contribution is -0.128. The van der Waals surface area contributed by atoms with Gasteiger partial charge in [-0.1, -0.05) is 35.5 Å². The minimum absolute atomic E-state index is 0.0970. The fraction of sp³-hybridized carbons (Fsp3) is 0.286. The van der Waals surface area contributed by atoms with E-state index in [1.165, 1.54) is 0 Å². The average molecular weight is 379 g/mol. The second-order valence-electron chi connectivity index (χ2n) is 6.69. The molecule has 0 spiro atoms. The van der Waals surface area contributed by atoms with Gasteiger partial charge in [-0.2, -0.15) is 4.98 Å². The molecule has 0 aliphatic carbocycles. The molecule has 0 saturated carbocycles. The summed E-state index contributed by atoms with van der Waals surface area (Å²) in [6.45, 7) is 1.16. The molecule has 1 aliphatic rings. The summed E-state index contributed by atoms with van der Waals surface area (Å²) in [5, 5.41) is 4.08. The van der Waals surface area contributed by atoms with E-state index in [2.05, 4.69) is 10.1 Å². The molecule has 1 atom stereocenters. The van der Waals surface area contributed by atoms with Gasteiger partial charge in [-0.15, -0.1) is 0 Å². The van der Waals surface area contributed by atoms with E-state index in [4.69, 9.17) is 14.0 Å². The maximum absolute atomic E-state index is 12.4. The first kappa shape index (κ1) is 18.0. The predicted octanol–water partition coefficient (Wildman–Crippen LogP) is 3.27. The Morgan fingerprint density at radius 3 is 2.64 bits per heavy atom. The van der Waals surface area contributed by atoms with Gasteiger partial charge >= 0.3 is 0 Å². The third-order valence-corrected chi connectivity index (χ3v) is 4.86. The van der Waals surface area contributed by atoms with Crippen molar-refractivity contribution in [1.29, 1.82) is 0 Å². The number of amides is 1. The topological polar surface area (TPSA) is 77.7 Å². The molecular formula is C21H21N3O4. The van der Waals surface area contributed by atoms with Gasteiger partial charge in [0.15, 0.2) is 11.5 Å². The van der Waals surface area contributed by atoms with E-state index in [9.17, 15) is 4.79 Å². The summed E-state index contributed by atoms with van der Waals surface area (Å²) in [4.78, 5) is 18.7. The molecule has 0 radical (unpaired) electrons. The summed E-state index contributed by atoms with van der Waals surface area (Å²) in [5.74, 6) is 2.17. The lowest BCUT2D eigenvalue weighted by atomic mass is 10.1. The predicted molar refractivity (Wildman–Crippen MR) is 102 cm³/mol. The van der Waals surface area contributed by atoms with Gasteiger partial charge in [-0.05, 0) is 23.8 Å². The number of carbonyl (C=O) groups excluding carboxylic acids is 1. The zero-order valence-electron chi connectivity index (χ0n) is 15.8. The van der Waals surface area contributed by atoms with Gasteiger partial charge in [0.1, 0.15) is 0 Å². The van der Waals surface area contributed by atoms with Crippen molar-refractivity contribution in [3.63, 3.8) is 0 Å². The monoisotopic (exact) mass is 379 g/mol. The number of methoxy groups -OCH3 is 2. The minimum Gasteiger partial charge on any atom is -0.493 e. The smallest absolute Gasteiger partial charge is 0.232 e. The third-order valence-electron chi connectivity index (χ3n) is 4.86. The zero-order chi connectivity index (χ0) is 19.5. The van der Waals surface area contributed by atoms with Crippen LogP contribution in [-0.2, 0) is 11.3 Å². The molecule has 1 unspecified atom stereocenters. The van der Waals surface area contributed by atoms with Crippen molar-refractivity contribution in [2.45, 2.75) is 18.9 Å². The Hall–Kier alpha value is -3.35. The van der Waals surface area contributed by atoms with E-state index in [0.717, 1.165) is 11.1 Å². The van der Waals surface area contributed by atoms with Crippen molar-refractivity contribution >= 4 is 5.91 Å². The number of hydrogen-bond donors (Lipinski definition) is 0. The summed E-state index contributed by atoms with van der Waals surface area (Å²) >= 11 is 0. The number of likely N-dealkylation sites (tertiary alicyclic amines) is 1. The zero-order valence-corrected chi connectivity index (χ0v) is 15.8. The van der Waals surface area contributed by atoms with Crippen molar-refractivity contribution in [2.75, 3.05) is 20.8 Å². The van der Waals surface area contributed by atoms with Crippen molar-refractivity contribution in [3.8, 4) is 22.9 Å². The van der Waals surface area contributed by atoms with Gasteiger partial charge in [-0.3, -0.25) is 4.79 Å². The number of rotatable bonds is 6. The van der Waals surface area contributed by atoms with Crippen LogP contribution in [0.5, 0.6) is 11.5 Å². The fourth-order valence-electron chi connectivity index (χ4n) is 3.39. The summed E-state index contributed by atoms with van der Waals surface area (Å²) in [5.41, 5.74) is 1.87. The maximum atomic E-state index is 12.4. The fourth-order valence-corrected chi connectivity index (χ4v) is 3.39. The van der Waals surface area contributed by atoms with E-state index >= 15 is 0 Å². The molecule has 28 heavy (non-hydrogen) atoms. The number of aromatic nitrogens is 2. The van der Waals surface area contributed by atoms with E-state index in [-0.39, 0.29) is 11.8 Å². The van der Waals surface area contributed by atoms with Crippen LogP contribution in [0.2, 0.25) is 0 Å². The largest absolute Gasteiger partial charge is 0.493 e. The molecule has 2 aromatic carbocycles. The highest BCUT2D eigenvalue weighted by molar-refractivity contribution is 5.79. The summed E-state index contributed by atoms with van der Waals surface area (Å²) in [6, 6.07) is 15.4. The molecular weight excluding hydrogens is 358 g/mol. The second kappa shape index (κ2) is 7.72. The number of ether oxygens (including phenoxy) is 2. The van der Waals surface area contributed by atoms with Crippen LogP contribution in [0.1, 0.15) is 23.8 Å². The van der Waals surface area contributed by atoms with Gasteiger partial charge < -0.3 is 18.9 Å². The molecule has 3 aromatic rings. The Balaban J connectivity index is 1.50. The Bertz CT molecular complexity index is 971. The Morgan fingerprint density at radius 2 is 1.89 bits per heavy atom. The lowest BCUT2D eigenvalue weighted by Crippen LogP contribution is -2.24. The molecule has 1 aromatic heterocycles. The van der Waals surface area contributed by atoms with Gasteiger partial charge in [0.25, 0.3) is 0 Å². The van der Waals surface area contributed by atoms with E-state index < -0.39 is 0 Å².